The molecule has 0 saturated carbocycles. The molecule has 112 valence electrons. The van der Waals surface area contributed by atoms with E-state index in [9.17, 15) is 14.9 Å². The second-order valence-corrected chi connectivity index (χ2v) is 4.35. The van der Waals surface area contributed by atoms with Crippen LogP contribution < -0.4 is 5.32 Å². The number of benzene rings is 1. The number of carbonyl (C=O) groups excluding carboxylic acids is 1. The van der Waals surface area contributed by atoms with Crippen molar-refractivity contribution >= 4 is 35.3 Å². The molecule has 0 unspecified atom stereocenters. The molecular formula is C13H9ClN4O4. The van der Waals surface area contributed by atoms with Gasteiger partial charge in [-0.1, -0.05) is 22.8 Å². The molecule has 2 aromatic rings. The van der Waals surface area contributed by atoms with Gasteiger partial charge in [-0.2, -0.15) is 0 Å². The third-order valence-corrected chi connectivity index (χ3v) is 2.73. The third kappa shape index (κ3) is 4.25. The van der Waals surface area contributed by atoms with E-state index in [1.807, 2.05) is 0 Å². The number of non-ortho nitro benzene ring substituents is 1. The summed E-state index contributed by atoms with van der Waals surface area (Å²) in [5.41, 5.74) is 0.649. The summed E-state index contributed by atoms with van der Waals surface area (Å²) in [5.74, 6) is 0. The minimum absolute atomic E-state index is 0.0161. The fourth-order valence-electron chi connectivity index (χ4n) is 1.44. The van der Waals surface area contributed by atoms with Crippen LogP contribution in [0.2, 0.25) is 5.02 Å². The Bertz CT molecular complexity index is 721. The van der Waals surface area contributed by atoms with Gasteiger partial charge >= 0.3 is 6.09 Å². The lowest BCUT2D eigenvalue weighted by molar-refractivity contribution is -0.384. The number of nitro benzene ring substituents is 1. The Labute approximate surface area is 129 Å². The van der Waals surface area contributed by atoms with Crippen molar-refractivity contribution in [2.75, 3.05) is 5.32 Å². The van der Waals surface area contributed by atoms with Crippen LogP contribution in [-0.2, 0) is 4.84 Å². The van der Waals surface area contributed by atoms with Gasteiger partial charge in [0.25, 0.3) is 5.69 Å². The van der Waals surface area contributed by atoms with Gasteiger partial charge in [-0.3, -0.25) is 25.3 Å². The molecule has 1 heterocycles. The summed E-state index contributed by atoms with van der Waals surface area (Å²) in [6, 6.07) is 7.06. The number of halogens is 1. The summed E-state index contributed by atoms with van der Waals surface area (Å²) in [6.45, 7) is 0. The number of pyridine rings is 1. The average Bonchev–Trinajstić information content (AvgIpc) is 2.50. The zero-order valence-electron chi connectivity index (χ0n) is 11.0. The van der Waals surface area contributed by atoms with Gasteiger partial charge in [0.15, 0.2) is 0 Å². The van der Waals surface area contributed by atoms with Gasteiger partial charge in [-0.05, 0) is 12.1 Å². The lowest BCUT2D eigenvalue weighted by Gasteiger charge is -2.04. The quantitative estimate of drug-likeness (QED) is 0.403. The summed E-state index contributed by atoms with van der Waals surface area (Å²) in [5, 5.41) is 16.4. The Morgan fingerprint density at radius 3 is 2.91 bits per heavy atom. The van der Waals surface area contributed by atoms with E-state index in [-0.39, 0.29) is 16.4 Å². The molecule has 0 fully saturated rings. The number of hydrogen-bond acceptors (Lipinski definition) is 6. The van der Waals surface area contributed by atoms with Gasteiger partial charge in [0.05, 0.1) is 21.8 Å². The minimum Gasteiger partial charge on any atom is -0.298 e. The van der Waals surface area contributed by atoms with E-state index in [0.29, 0.717) is 5.56 Å². The number of aromatic nitrogens is 1. The van der Waals surface area contributed by atoms with Crippen molar-refractivity contribution in [3.63, 3.8) is 0 Å². The Kier molecular flexibility index (Phi) is 4.99. The molecule has 0 aliphatic heterocycles. The summed E-state index contributed by atoms with van der Waals surface area (Å²) in [4.78, 5) is 29.9. The van der Waals surface area contributed by atoms with Crippen LogP contribution in [0.3, 0.4) is 0 Å². The second-order valence-electron chi connectivity index (χ2n) is 3.95. The molecule has 1 aromatic carbocycles. The van der Waals surface area contributed by atoms with E-state index in [0.717, 1.165) is 6.07 Å². The number of nitrogens with one attached hydrogen (secondary N) is 1. The van der Waals surface area contributed by atoms with Crippen molar-refractivity contribution in [1.82, 2.24) is 4.98 Å². The van der Waals surface area contributed by atoms with Gasteiger partial charge in [-0.15, -0.1) is 0 Å². The van der Waals surface area contributed by atoms with Gasteiger partial charge in [0, 0.05) is 30.1 Å². The van der Waals surface area contributed by atoms with E-state index in [1.165, 1.54) is 24.5 Å². The van der Waals surface area contributed by atoms with Crippen LogP contribution >= 0.6 is 11.6 Å². The van der Waals surface area contributed by atoms with E-state index >= 15 is 0 Å². The lowest BCUT2D eigenvalue weighted by Crippen LogP contribution is -2.11. The summed E-state index contributed by atoms with van der Waals surface area (Å²) >= 11 is 5.83. The molecule has 0 radical (unpaired) electrons. The maximum Gasteiger partial charge on any atom is 0.437 e. The molecule has 2 rings (SSSR count). The first-order valence-electron chi connectivity index (χ1n) is 5.91. The Balaban J connectivity index is 1.95. The molecule has 1 N–H and O–H groups in total. The Morgan fingerprint density at radius 1 is 1.45 bits per heavy atom. The number of oxime groups is 1. The van der Waals surface area contributed by atoms with Crippen LogP contribution in [0.5, 0.6) is 0 Å². The molecule has 0 bridgehead atoms. The first kappa shape index (κ1) is 15.4. The molecule has 0 spiro atoms. The Hall–Kier alpha value is -3.00. The highest BCUT2D eigenvalue weighted by Gasteiger charge is 2.11. The molecule has 0 aliphatic carbocycles. The van der Waals surface area contributed by atoms with Crippen molar-refractivity contribution in [2.45, 2.75) is 0 Å². The van der Waals surface area contributed by atoms with Crippen molar-refractivity contribution in [3.05, 3.63) is 63.4 Å². The molecule has 8 nitrogen and oxygen atoms in total. The number of rotatable bonds is 4. The SMILES string of the molecule is O=C(Nc1ccc([N+](=O)[O-])cc1Cl)O/N=C/c1cccnc1. The molecule has 1 aromatic heterocycles. The highest BCUT2D eigenvalue weighted by molar-refractivity contribution is 6.33. The van der Waals surface area contributed by atoms with E-state index in [2.05, 4.69) is 20.3 Å². The molecule has 0 atom stereocenters. The molecular weight excluding hydrogens is 312 g/mol. The molecule has 0 saturated heterocycles. The molecule has 0 aliphatic rings. The Morgan fingerprint density at radius 2 is 2.27 bits per heavy atom. The first-order valence-corrected chi connectivity index (χ1v) is 6.29. The monoisotopic (exact) mass is 320 g/mol. The van der Waals surface area contributed by atoms with Gasteiger partial charge in [-0.25, -0.2) is 4.79 Å². The number of hydrogen-bond donors (Lipinski definition) is 1. The molecule has 9 heteroatoms. The lowest BCUT2D eigenvalue weighted by atomic mass is 10.3. The van der Waals surface area contributed by atoms with Gasteiger partial charge in [0.2, 0.25) is 0 Å². The highest BCUT2D eigenvalue weighted by atomic mass is 35.5. The van der Waals surface area contributed by atoms with Crippen LogP contribution in [0.1, 0.15) is 5.56 Å². The maximum atomic E-state index is 11.5. The van der Waals surface area contributed by atoms with Crippen LogP contribution in [0.4, 0.5) is 16.2 Å². The second kappa shape index (κ2) is 7.14. The van der Waals surface area contributed by atoms with E-state index in [1.54, 1.807) is 18.3 Å². The van der Waals surface area contributed by atoms with Crippen LogP contribution in [-0.4, -0.2) is 22.2 Å². The van der Waals surface area contributed by atoms with E-state index < -0.39 is 11.0 Å². The summed E-state index contributed by atoms with van der Waals surface area (Å²) < 4.78 is 0. The topological polar surface area (TPSA) is 107 Å². The zero-order valence-corrected chi connectivity index (χ0v) is 11.7. The number of nitro groups is 1. The highest BCUT2D eigenvalue weighted by Crippen LogP contribution is 2.26. The van der Waals surface area contributed by atoms with Crippen LogP contribution in [0.25, 0.3) is 0 Å². The van der Waals surface area contributed by atoms with Crippen LogP contribution in [0.15, 0.2) is 47.9 Å². The number of carbonyl (C=O) groups is 1. The van der Waals surface area contributed by atoms with Crippen molar-refractivity contribution in [2.24, 2.45) is 5.16 Å². The predicted molar refractivity (Wildman–Crippen MR) is 80.0 cm³/mol. The number of anilines is 1. The normalized spacial score (nSPS) is 10.4. The molecule has 22 heavy (non-hydrogen) atoms. The average molecular weight is 321 g/mol. The zero-order chi connectivity index (χ0) is 15.9. The minimum atomic E-state index is -0.879. The van der Waals surface area contributed by atoms with Crippen molar-refractivity contribution in [3.8, 4) is 0 Å². The maximum absolute atomic E-state index is 11.5. The van der Waals surface area contributed by atoms with Gasteiger partial charge in [0.1, 0.15) is 0 Å². The van der Waals surface area contributed by atoms with Crippen molar-refractivity contribution < 1.29 is 14.6 Å². The fourth-order valence-corrected chi connectivity index (χ4v) is 1.66. The van der Waals surface area contributed by atoms with Crippen molar-refractivity contribution in [1.29, 1.82) is 0 Å². The standard InChI is InChI=1S/C13H9ClN4O4/c14-11-6-10(18(20)21)3-4-12(11)17-13(19)22-16-8-9-2-1-5-15-7-9/h1-8H,(H,17,19)/b16-8+. The van der Waals surface area contributed by atoms with E-state index in [4.69, 9.17) is 11.6 Å². The summed E-state index contributed by atoms with van der Waals surface area (Å²) in [6.07, 6.45) is 3.57. The first-order chi connectivity index (χ1) is 10.6. The summed E-state index contributed by atoms with van der Waals surface area (Å²) in [7, 11) is 0. The number of amides is 1. The smallest absolute Gasteiger partial charge is 0.298 e. The third-order valence-electron chi connectivity index (χ3n) is 2.42. The fraction of sp³-hybridized carbons (Fsp3) is 0. The predicted octanol–water partition coefficient (Wildman–Crippen LogP) is 3.23. The molecule has 1 amide bonds. The van der Waals surface area contributed by atoms with Gasteiger partial charge < -0.3 is 0 Å². The van der Waals surface area contributed by atoms with Crippen LogP contribution in [0, 0.1) is 10.1 Å². The number of nitrogens with zero attached hydrogens (tertiary/aromatic N) is 3. The largest absolute Gasteiger partial charge is 0.437 e.